The Morgan fingerprint density at radius 3 is 2.70 bits per heavy atom. The number of carbonyl (C=O) groups excluding carboxylic acids is 2. The summed E-state index contributed by atoms with van der Waals surface area (Å²) in [6.45, 7) is 2.95. The monoisotopic (exact) mass is 276 g/mol. The summed E-state index contributed by atoms with van der Waals surface area (Å²) < 4.78 is 4.75. The van der Waals surface area contributed by atoms with Crippen LogP contribution in [0, 0.1) is 0 Å². The van der Waals surface area contributed by atoms with Gasteiger partial charge in [0.1, 0.15) is 6.29 Å². The molecule has 0 saturated carbocycles. The van der Waals surface area contributed by atoms with Crippen LogP contribution in [-0.2, 0) is 11.3 Å². The molecule has 108 valence electrons. The summed E-state index contributed by atoms with van der Waals surface area (Å²) >= 11 is 0. The Hall–Kier alpha value is -1.88. The summed E-state index contributed by atoms with van der Waals surface area (Å²) in [5, 5.41) is 0. The van der Waals surface area contributed by atoms with E-state index in [9.17, 15) is 9.59 Å². The lowest BCUT2D eigenvalue weighted by Crippen LogP contribution is -2.28. The number of benzene rings is 1. The average molecular weight is 276 g/mol. The molecule has 1 aromatic carbocycles. The van der Waals surface area contributed by atoms with Crippen LogP contribution in [-0.4, -0.2) is 44.5 Å². The molecule has 0 N–H and O–H groups in total. The van der Waals surface area contributed by atoms with E-state index in [0.29, 0.717) is 5.56 Å². The fraction of sp³-hybridized carbons (Fsp3) is 0.467. The van der Waals surface area contributed by atoms with Crippen LogP contribution in [0.15, 0.2) is 18.2 Å². The minimum absolute atomic E-state index is 0.435. The molecule has 5 heteroatoms. The van der Waals surface area contributed by atoms with Crippen molar-refractivity contribution in [2.45, 2.75) is 19.4 Å². The van der Waals surface area contributed by atoms with Crippen LogP contribution >= 0.6 is 0 Å². The molecule has 0 aromatic heterocycles. The molecule has 2 rings (SSSR count). The molecule has 1 fully saturated rings. The molecule has 0 atom stereocenters. The number of hydrogen-bond donors (Lipinski definition) is 0. The SMILES string of the molecule is COC(=O)N(C)c1cc(C=O)ccc1CN1CCCC1. The number of hydrogen-bond acceptors (Lipinski definition) is 4. The summed E-state index contributed by atoms with van der Waals surface area (Å²) in [5.74, 6) is 0. The molecule has 0 bridgehead atoms. The van der Waals surface area contributed by atoms with E-state index in [4.69, 9.17) is 4.74 Å². The predicted octanol–water partition coefficient (Wildman–Crippen LogP) is 2.30. The largest absolute Gasteiger partial charge is 0.452 e. The Labute approximate surface area is 119 Å². The quantitative estimate of drug-likeness (QED) is 0.792. The molecule has 1 amide bonds. The molecule has 0 radical (unpaired) electrons. The summed E-state index contributed by atoms with van der Waals surface area (Å²) in [5.41, 5.74) is 2.32. The van der Waals surface area contributed by atoms with Crippen molar-refractivity contribution in [3.05, 3.63) is 29.3 Å². The van der Waals surface area contributed by atoms with E-state index in [-0.39, 0.29) is 0 Å². The number of methoxy groups -OCH3 is 1. The van der Waals surface area contributed by atoms with Crippen LogP contribution in [0.2, 0.25) is 0 Å². The highest BCUT2D eigenvalue weighted by molar-refractivity contribution is 5.89. The molecular formula is C15H20N2O3. The summed E-state index contributed by atoms with van der Waals surface area (Å²) in [7, 11) is 3.01. The zero-order valence-corrected chi connectivity index (χ0v) is 12.0. The standard InChI is InChI=1S/C15H20N2O3/c1-16(15(19)20-2)14-9-12(11-18)5-6-13(14)10-17-7-3-4-8-17/h5-6,9,11H,3-4,7-8,10H2,1-2H3. The lowest BCUT2D eigenvalue weighted by Gasteiger charge is -2.22. The minimum Gasteiger partial charge on any atom is -0.452 e. The first-order valence-electron chi connectivity index (χ1n) is 6.78. The smallest absolute Gasteiger partial charge is 0.413 e. The van der Waals surface area contributed by atoms with Gasteiger partial charge < -0.3 is 4.74 Å². The van der Waals surface area contributed by atoms with Gasteiger partial charge in [0.2, 0.25) is 0 Å². The second kappa shape index (κ2) is 6.52. The van der Waals surface area contributed by atoms with E-state index in [1.54, 1.807) is 19.2 Å². The van der Waals surface area contributed by atoms with Crippen molar-refractivity contribution in [2.75, 3.05) is 32.1 Å². The maximum atomic E-state index is 11.7. The number of likely N-dealkylation sites (tertiary alicyclic amines) is 1. The first-order chi connectivity index (χ1) is 9.65. The van der Waals surface area contributed by atoms with E-state index in [1.807, 2.05) is 6.07 Å². The molecule has 1 aromatic rings. The Kier molecular flexibility index (Phi) is 4.74. The second-order valence-corrected chi connectivity index (χ2v) is 5.02. The van der Waals surface area contributed by atoms with E-state index in [1.165, 1.54) is 24.9 Å². The van der Waals surface area contributed by atoms with Gasteiger partial charge in [-0.25, -0.2) is 4.79 Å². The summed E-state index contributed by atoms with van der Waals surface area (Å²) in [4.78, 5) is 26.4. The van der Waals surface area contributed by atoms with Crippen molar-refractivity contribution in [1.29, 1.82) is 0 Å². The van der Waals surface area contributed by atoms with Crippen LogP contribution in [0.4, 0.5) is 10.5 Å². The predicted molar refractivity (Wildman–Crippen MR) is 77.1 cm³/mol. The molecule has 20 heavy (non-hydrogen) atoms. The van der Waals surface area contributed by atoms with Crippen molar-refractivity contribution in [3.63, 3.8) is 0 Å². The third-order valence-corrected chi connectivity index (χ3v) is 3.65. The molecule has 0 unspecified atom stereocenters. The van der Waals surface area contributed by atoms with Gasteiger partial charge in [0, 0.05) is 19.2 Å². The Balaban J connectivity index is 2.28. The zero-order chi connectivity index (χ0) is 14.5. The van der Waals surface area contributed by atoms with Crippen LogP contribution in [0.3, 0.4) is 0 Å². The van der Waals surface area contributed by atoms with Crippen molar-refractivity contribution in [3.8, 4) is 0 Å². The number of rotatable bonds is 4. The van der Waals surface area contributed by atoms with Crippen molar-refractivity contribution in [2.24, 2.45) is 0 Å². The second-order valence-electron chi connectivity index (χ2n) is 5.02. The highest BCUT2D eigenvalue weighted by Gasteiger charge is 2.19. The first kappa shape index (κ1) is 14.5. The van der Waals surface area contributed by atoms with Gasteiger partial charge in [0.15, 0.2) is 0 Å². The van der Waals surface area contributed by atoms with Gasteiger partial charge >= 0.3 is 6.09 Å². The van der Waals surface area contributed by atoms with Gasteiger partial charge in [-0.15, -0.1) is 0 Å². The van der Waals surface area contributed by atoms with Gasteiger partial charge in [-0.2, -0.15) is 0 Å². The number of amides is 1. The highest BCUT2D eigenvalue weighted by Crippen LogP contribution is 2.24. The lowest BCUT2D eigenvalue weighted by atomic mass is 10.1. The number of aldehydes is 1. The number of nitrogens with zero attached hydrogens (tertiary/aromatic N) is 2. The molecule has 0 aliphatic carbocycles. The maximum Gasteiger partial charge on any atom is 0.413 e. The van der Waals surface area contributed by atoms with Gasteiger partial charge in [-0.1, -0.05) is 12.1 Å². The Morgan fingerprint density at radius 1 is 1.40 bits per heavy atom. The summed E-state index contributed by atoms with van der Waals surface area (Å²) in [6, 6.07) is 5.43. The molecule has 1 saturated heterocycles. The van der Waals surface area contributed by atoms with E-state index in [0.717, 1.165) is 37.2 Å². The third-order valence-electron chi connectivity index (χ3n) is 3.65. The van der Waals surface area contributed by atoms with E-state index in [2.05, 4.69) is 4.90 Å². The fourth-order valence-electron chi connectivity index (χ4n) is 2.52. The normalized spacial score (nSPS) is 15.1. The van der Waals surface area contributed by atoms with Gasteiger partial charge in [-0.3, -0.25) is 14.6 Å². The van der Waals surface area contributed by atoms with Crippen molar-refractivity contribution < 1.29 is 14.3 Å². The van der Waals surface area contributed by atoms with Crippen LogP contribution in [0.1, 0.15) is 28.8 Å². The fourth-order valence-corrected chi connectivity index (χ4v) is 2.52. The van der Waals surface area contributed by atoms with Crippen molar-refractivity contribution in [1.82, 2.24) is 4.90 Å². The zero-order valence-electron chi connectivity index (χ0n) is 12.0. The minimum atomic E-state index is -0.435. The Bertz CT molecular complexity index is 496. The Morgan fingerprint density at radius 2 is 2.10 bits per heavy atom. The van der Waals surface area contributed by atoms with Gasteiger partial charge in [0.05, 0.1) is 12.8 Å². The molecular weight excluding hydrogens is 256 g/mol. The molecule has 0 spiro atoms. The topological polar surface area (TPSA) is 49.9 Å². The number of carbonyl (C=O) groups is 2. The van der Waals surface area contributed by atoms with Crippen LogP contribution in [0.25, 0.3) is 0 Å². The lowest BCUT2D eigenvalue weighted by molar-refractivity contribution is 0.112. The van der Waals surface area contributed by atoms with Crippen LogP contribution in [0.5, 0.6) is 0 Å². The van der Waals surface area contributed by atoms with Gasteiger partial charge in [-0.05, 0) is 37.6 Å². The number of anilines is 1. The van der Waals surface area contributed by atoms with Crippen molar-refractivity contribution >= 4 is 18.1 Å². The summed E-state index contributed by atoms with van der Waals surface area (Å²) in [6.07, 6.45) is 2.79. The number of ether oxygens (including phenoxy) is 1. The van der Waals surface area contributed by atoms with Crippen LogP contribution < -0.4 is 4.90 Å². The first-order valence-corrected chi connectivity index (χ1v) is 6.78. The molecule has 5 nitrogen and oxygen atoms in total. The average Bonchev–Trinajstić information content (AvgIpc) is 2.99. The molecule has 1 aliphatic heterocycles. The molecule has 1 heterocycles. The highest BCUT2D eigenvalue weighted by atomic mass is 16.5. The third kappa shape index (κ3) is 3.17. The molecule has 1 aliphatic rings. The maximum absolute atomic E-state index is 11.7. The van der Waals surface area contributed by atoms with Gasteiger partial charge in [0.25, 0.3) is 0 Å². The van der Waals surface area contributed by atoms with E-state index < -0.39 is 6.09 Å². The van der Waals surface area contributed by atoms with E-state index >= 15 is 0 Å².